The molecule has 0 aromatic heterocycles. The number of amides is 1. The largest absolute Gasteiger partial charge is 0.491 e. The van der Waals surface area contributed by atoms with E-state index in [0.717, 1.165) is 43.6 Å². The number of benzene rings is 1. The maximum Gasteiger partial charge on any atom is 0.220 e. The summed E-state index contributed by atoms with van der Waals surface area (Å²) in [4.78, 5) is 11.9. The fourth-order valence-electron chi connectivity index (χ4n) is 3.04. The van der Waals surface area contributed by atoms with Crippen molar-refractivity contribution < 1.29 is 14.3 Å². The summed E-state index contributed by atoms with van der Waals surface area (Å²) in [5.74, 6) is 1.40. The molecular weight excluding hydrogens is 290 g/mol. The van der Waals surface area contributed by atoms with Crippen LogP contribution in [-0.4, -0.2) is 25.2 Å². The summed E-state index contributed by atoms with van der Waals surface area (Å²) in [6.07, 6.45) is 9.56. The molecule has 0 radical (unpaired) electrons. The molecule has 1 aliphatic carbocycles. The maximum atomic E-state index is 11.9. The van der Waals surface area contributed by atoms with Crippen LogP contribution in [0.5, 0.6) is 5.75 Å². The minimum absolute atomic E-state index is 0.125. The maximum absolute atomic E-state index is 11.9. The van der Waals surface area contributed by atoms with Gasteiger partial charge in [0, 0.05) is 19.6 Å². The van der Waals surface area contributed by atoms with Gasteiger partial charge in [-0.25, -0.2) is 0 Å². The van der Waals surface area contributed by atoms with Gasteiger partial charge in [0.15, 0.2) is 0 Å². The van der Waals surface area contributed by atoms with Crippen molar-refractivity contribution in [2.24, 2.45) is 5.92 Å². The Bertz CT molecular complexity index is 532. The fraction of sp³-hybridized carbons (Fsp3) is 0.526. The van der Waals surface area contributed by atoms with Gasteiger partial charge >= 0.3 is 0 Å². The lowest BCUT2D eigenvalue weighted by molar-refractivity contribution is -0.121. The third-order valence-electron chi connectivity index (χ3n) is 4.43. The first-order chi connectivity index (χ1) is 11.3. The molecule has 4 nitrogen and oxygen atoms in total. The molecule has 1 heterocycles. The lowest BCUT2D eigenvalue weighted by atomic mass is 10.1. The SMILES string of the molecule is O=C(C[C@@H]1C=CCC1)NCc1ccc(OC[C@@H]2CCCO2)cc1. The van der Waals surface area contributed by atoms with Crippen molar-refractivity contribution in [3.05, 3.63) is 42.0 Å². The van der Waals surface area contributed by atoms with Gasteiger partial charge in [0.1, 0.15) is 12.4 Å². The quantitative estimate of drug-likeness (QED) is 0.786. The van der Waals surface area contributed by atoms with Crippen LogP contribution in [0, 0.1) is 5.92 Å². The molecule has 1 aromatic carbocycles. The van der Waals surface area contributed by atoms with Gasteiger partial charge in [0.25, 0.3) is 0 Å². The van der Waals surface area contributed by atoms with Crippen molar-refractivity contribution in [2.45, 2.75) is 44.8 Å². The minimum atomic E-state index is 0.125. The highest BCUT2D eigenvalue weighted by Crippen LogP contribution is 2.20. The van der Waals surface area contributed by atoms with E-state index in [0.29, 0.717) is 25.5 Å². The van der Waals surface area contributed by atoms with E-state index < -0.39 is 0 Å². The highest BCUT2D eigenvalue weighted by Gasteiger charge is 2.16. The average Bonchev–Trinajstić information content (AvgIpc) is 3.25. The fourth-order valence-corrected chi connectivity index (χ4v) is 3.04. The first-order valence-corrected chi connectivity index (χ1v) is 8.56. The smallest absolute Gasteiger partial charge is 0.220 e. The number of allylic oxidation sites excluding steroid dienone is 2. The van der Waals surface area contributed by atoms with Gasteiger partial charge in [-0.3, -0.25) is 4.79 Å². The highest BCUT2D eigenvalue weighted by molar-refractivity contribution is 5.76. The number of carbonyl (C=O) groups excluding carboxylic acids is 1. The summed E-state index contributed by atoms with van der Waals surface area (Å²) < 4.78 is 11.3. The number of nitrogens with one attached hydrogen (secondary N) is 1. The highest BCUT2D eigenvalue weighted by atomic mass is 16.5. The first-order valence-electron chi connectivity index (χ1n) is 8.56. The number of ether oxygens (including phenoxy) is 2. The Morgan fingerprint density at radius 1 is 1.26 bits per heavy atom. The van der Waals surface area contributed by atoms with Crippen LogP contribution in [0.25, 0.3) is 0 Å². The van der Waals surface area contributed by atoms with Gasteiger partial charge in [-0.15, -0.1) is 0 Å². The molecule has 1 N–H and O–H groups in total. The zero-order valence-corrected chi connectivity index (χ0v) is 13.5. The summed E-state index contributed by atoms with van der Waals surface area (Å²) in [5.41, 5.74) is 1.09. The molecule has 2 aliphatic rings. The van der Waals surface area contributed by atoms with Crippen LogP contribution in [0.4, 0.5) is 0 Å². The molecule has 0 saturated carbocycles. The molecule has 2 atom stereocenters. The number of carbonyl (C=O) groups is 1. The van der Waals surface area contributed by atoms with Crippen LogP contribution in [0.2, 0.25) is 0 Å². The zero-order chi connectivity index (χ0) is 15.9. The first kappa shape index (κ1) is 16.1. The van der Waals surface area contributed by atoms with E-state index in [-0.39, 0.29) is 12.0 Å². The Hall–Kier alpha value is -1.81. The van der Waals surface area contributed by atoms with Crippen molar-refractivity contribution in [2.75, 3.05) is 13.2 Å². The molecule has 124 valence electrons. The van der Waals surface area contributed by atoms with Crippen molar-refractivity contribution in [1.82, 2.24) is 5.32 Å². The molecular formula is C19H25NO3. The number of hydrogen-bond donors (Lipinski definition) is 1. The van der Waals surface area contributed by atoms with Crippen molar-refractivity contribution in [3.63, 3.8) is 0 Å². The van der Waals surface area contributed by atoms with Crippen LogP contribution in [-0.2, 0) is 16.1 Å². The minimum Gasteiger partial charge on any atom is -0.491 e. The van der Waals surface area contributed by atoms with Crippen LogP contribution < -0.4 is 10.1 Å². The Labute approximate surface area is 137 Å². The summed E-state index contributed by atoms with van der Waals surface area (Å²) in [6, 6.07) is 7.91. The van der Waals surface area contributed by atoms with Gasteiger partial charge in [0.05, 0.1) is 6.10 Å². The standard InChI is InChI=1S/C19H25NO3/c21-19(12-15-4-1-2-5-15)20-13-16-7-9-17(10-8-16)23-14-18-6-3-11-22-18/h1,4,7-10,15,18H,2-3,5-6,11-14H2,(H,20,21)/t15-,18+/m1/s1. The van der Waals surface area contributed by atoms with Crippen LogP contribution in [0.3, 0.4) is 0 Å². The summed E-state index contributed by atoms with van der Waals surface area (Å²) >= 11 is 0. The Morgan fingerprint density at radius 3 is 2.83 bits per heavy atom. The molecule has 0 unspecified atom stereocenters. The molecule has 1 aliphatic heterocycles. The molecule has 1 amide bonds. The predicted octanol–water partition coefficient (Wildman–Crippen LogP) is 3.22. The molecule has 3 rings (SSSR count). The van der Waals surface area contributed by atoms with Gasteiger partial charge in [-0.05, 0) is 49.3 Å². The van der Waals surface area contributed by atoms with Gasteiger partial charge < -0.3 is 14.8 Å². The lowest BCUT2D eigenvalue weighted by Crippen LogP contribution is -2.24. The molecule has 23 heavy (non-hydrogen) atoms. The van der Waals surface area contributed by atoms with E-state index >= 15 is 0 Å². The second-order valence-electron chi connectivity index (χ2n) is 6.34. The Kier molecular flexibility index (Phi) is 5.70. The Balaban J connectivity index is 1.38. The average molecular weight is 315 g/mol. The van der Waals surface area contributed by atoms with E-state index in [2.05, 4.69) is 17.5 Å². The van der Waals surface area contributed by atoms with E-state index in [1.165, 1.54) is 0 Å². The second-order valence-corrected chi connectivity index (χ2v) is 6.34. The molecule has 1 fully saturated rings. The molecule has 4 heteroatoms. The van der Waals surface area contributed by atoms with Crippen LogP contribution in [0.15, 0.2) is 36.4 Å². The zero-order valence-electron chi connectivity index (χ0n) is 13.5. The van der Waals surface area contributed by atoms with E-state index in [1.807, 2.05) is 24.3 Å². The van der Waals surface area contributed by atoms with Gasteiger partial charge in [-0.1, -0.05) is 24.3 Å². The van der Waals surface area contributed by atoms with Gasteiger partial charge in [0.2, 0.25) is 5.91 Å². The monoisotopic (exact) mass is 315 g/mol. The lowest BCUT2D eigenvalue weighted by Gasteiger charge is -2.12. The van der Waals surface area contributed by atoms with E-state index in [4.69, 9.17) is 9.47 Å². The molecule has 1 aromatic rings. The van der Waals surface area contributed by atoms with Crippen LogP contribution in [0.1, 0.15) is 37.7 Å². The topological polar surface area (TPSA) is 47.6 Å². The summed E-state index contributed by atoms with van der Waals surface area (Å²) in [5, 5.41) is 2.99. The third kappa shape index (κ3) is 5.10. The van der Waals surface area contributed by atoms with Crippen molar-refractivity contribution in [3.8, 4) is 5.75 Å². The van der Waals surface area contributed by atoms with Crippen LogP contribution >= 0.6 is 0 Å². The van der Waals surface area contributed by atoms with Crippen molar-refractivity contribution >= 4 is 5.91 Å². The molecule has 1 saturated heterocycles. The number of rotatable bonds is 7. The summed E-state index contributed by atoms with van der Waals surface area (Å²) in [7, 11) is 0. The number of hydrogen-bond acceptors (Lipinski definition) is 3. The predicted molar refractivity (Wildman–Crippen MR) is 89.2 cm³/mol. The third-order valence-corrected chi connectivity index (χ3v) is 4.43. The Morgan fingerprint density at radius 2 is 2.13 bits per heavy atom. The van der Waals surface area contributed by atoms with Crippen molar-refractivity contribution in [1.29, 1.82) is 0 Å². The summed E-state index contributed by atoms with van der Waals surface area (Å²) in [6.45, 7) is 2.04. The van der Waals surface area contributed by atoms with E-state index in [1.54, 1.807) is 0 Å². The van der Waals surface area contributed by atoms with Gasteiger partial charge in [-0.2, -0.15) is 0 Å². The normalized spacial score (nSPS) is 23.1. The second kappa shape index (κ2) is 8.16. The van der Waals surface area contributed by atoms with E-state index in [9.17, 15) is 4.79 Å². The molecule has 0 spiro atoms. The molecule has 0 bridgehead atoms.